The minimum absolute atomic E-state index is 0.0796. The number of fused-ring (bicyclic) bond motifs is 2. The molecule has 0 aromatic rings. The van der Waals surface area contributed by atoms with Gasteiger partial charge in [-0.25, -0.2) is 0 Å². The molecule has 2 rings (SSSR count). The molecule has 1 aliphatic heterocycles. The lowest BCUT2D eigenvalue weighted by atomic mass is 9.68. The molecule has 0 aromatic heterocycles. The summed E-state index contributed by atoms with van der Waals surface area (Å²) in [4.78, 5) is 0. The largest absolute Gasteiger partial charge is 0.385 e. The Morgan fingerprint density at radius 2 is 2.06 bits per heavy atom. The molecule has 1 heterocycles. The molecule has 3 unspecified atom stereocenters. The number of hydrogen-bond acceptors (Lipinski definition) is 2. The van der Waals surface area contributed by atoms with Crippen LogP contribution in [0.2, 0.25) is 0 Å². The molecular weight excluding hydrogens is 212 g/mol. The second kappa shape index (κ2) is 4.89. The zero-order valence-electron chi connectivity index (χ0n) is 11.9. The van der Waals surface area contributed by atoms with E-state index in [-0.39, 0.29) is 11.2 Å². The molecule has 3 atom stereocenters. The van der Waals surface area contributed by atoms with Gasteiger partial charge in [-0.05, 0) is 51.4 Å². The third-order valence-corrected chi connectivity index (χ3v) is 5.02. The lowest BCUT2D eigenvalue weighted by molar-refractivity contribution is -0.126. The fraction of sp³-hybridized carbons (Fsp3) is 1.00. The molecule has 1 aliphatic carbocycles. The van der Waals surface area contributed by atoms with Crippen LogP contribution < -0.4 is 0 Å². The summed E-state index contributed by atoms with van der Waals surface area (Å²) in [6.07, 6.45) is 7.63. The lowest BCUT2D eigenvalue weighted by Gasteiger charge is -2.40. The molecule has 2 fully saturated rings. The van der Waals surface area contributed by atoms with E-state index in [0.29, 0.717) is 0 Å². The Hall–Kier alpha value is -0.0800. The average molecular weight is 240 g/mol. The average Bonchev–Trinajstić information content (AvgIpc) is 2.49. The molecule has 2 nitrogen and oxygen atoms in total. The van der Waals surface area contributed by atoms with Crippen LogP contribution in [0.4, 0.5) is 0 Å². The van der Waals surface area contributed by atoms with Gasteiger partial charge in [0.25, 0.3) is 0 Å². The number of rotatable bonds is 5. The maximum atomic E-state index is 6.55. The van der Waals surface area contributed by atoms with E-state index < -0.39 is 0 Å². The maximum Gasteiger partial charge on any atom is 0.0743 e. The Morgan fingerprint density at radius 1 is 1.29 bits per heavy atom. The van der Waals surface area contributed by atoms with Crippen LogP contribution in [0, 0.1) is 11.8 Å². The highest BCUT2D eigenvalue weighted by molar-refractivity contribution is 5.05. The van der Waals surface area contributed by atoms with Gasteiger partial charge in [-0.2, -0.15) is 0 Å². The molecule has 1 saturated carbocycles. The number of methoxy groups -OCH3 is 1. The Morgan fingerprint density at radius 3 is 2.71 bits per heavy atom. The normalized spacial score (nSPS) is 39.5. The first-order valence-corrected chi connectivity index (χ1v) is 7.23. The number of ether oxygens (including phenoxy) is 2. The highest BCUT2D eigenvalue weighted by Gasteiger charge is 2.56. The van der Waals surface area contributed by atoms with E-state index in [2.05, 4.69) is 20.8 Å². The maximum absolute atomic E-state index is 6.55. The molecule has 0 radical (unpaired) electrons. The summed E-state index contributed by atoms with van der Waals surface area (Å²) in [5.41, 5.74) is 0.203. The van der Waals surface area contributed by atoms with Crippen molar-refractivity contribution in [2.24, 2.45) is 11.8 Å². The van der Waals surface area contributed by atoms with Gasteiger partial charge in [0.1, 0.15) is 0 Å². The standard InChI is InChI=1S/C15H28O2/c1-5-6-12-7-8-13-11-15(12,9-10-16-4)17-14(13,2)3/h12-13H,5-11H2,1-4H3. The van der Waals surface area contributed by atoms with Gasteiger partial charge in [-0.15, -0.1) is 0 Å². The van der Waals surface area contributed by atoms with Crippen LogP contribution in [-0.2, 0) is 9.47 Å². The van der Waals surface area contributed by atoms with Crippen LogP contribution in [-0.4, -0.2) is 24.9 Å². The lowest BCUT2D eigenvalue weighted by Crippen LogP contribution is -2.41. The van der Waals surface area contributed by atoms with Gasteiger partial charge in [-0.3, -0.25) is 0 Å². The summed E-state index contributed by atoms with van der Waals surface area (Å²) in [6.45, 7) is 7.68. The molecule has 100 valence electrons. The Bertz CT molecular complexity index is 262. The molecule has 17 heavy (non-hydrogen) atoms. The van der Waals surface area contributed by atoms with Crippen molar-refractivity contribution >= 4 is 0 Å². The van der Waals surface area contributed by atoms with Crippen LogP contribution in [0.5, 0.6) is 0 Å². The highest BCUT2D eigenvalue weighted by Crippen LogP contribution is 2.55. The van der Waals surface area contributed by atoms with Gasteiger partial charge >= 0.3 is 0 Å². The first kappa shape index (κ1) is 13.4. The molecule has 1 saturated heterocycles. The smallest absolute Gasteiger partial charge is 0.0743 e. The predicted octanol–water partition coefficient (Wildman–Crippen LogP) is 3.79. The van der Waals surface area contributed by atoms with Crippen molar-refractivity contribution in [3.8, 4) is 0 Å². The number of hydrogen-bond donors (Lipinski definition) is 0. The van der Waals surface area contributed by atoms with Crippen LogP contribution in [0.1, 0.15) is 59.3 Å². The van der Waals surface area contributed by atoms with E-state index in [9.17, 15) is 0 Å². The monoisotopic (exact) mass is 240 g/mol. The van der Waals surface area contributed by atoms with Crippen molar-refractivity contribution in [3.05, 3.63) is 0 Å². The van der Waals surface area contributed by atoms with Gasteiger partial charge in [-0.1, -0.05) is 13.3 Å². The molecule has 0 amide bonds. The van der Waals surface area contributed by atoms with Crippen LogP contribution in [0.25, 0.3) is 0 Å². The zero-order chi connectivity index (χ0) is 12.5. The minimum atomic E-state index is 0.0796. The van der Waals surface area contributed by atoms with Crippen molar-refractivity contribution in [1.29, 1.82) is 0 Å². The van der Waals surface area contributed by atoms with E-state index in [0.717, 1.165) is 24.9 Å². The molecule has 2 heteroatoms. The van der Waals surface area contributed by atoms with Crippen molar-refractivity contribution in [3.63, 3.8) is 0 Å². The predicted molar refractivity (Wildman–Crippen MR) is 70.1 cm³/mol. The van der Waals surface area contributed by atoms with Crippen molar-refractivity contribution < 1.29 is 9.47 Å². The van der Waals surface area contributed by atoms with Gasteiger partial charge < -0.3 is 9.47 Å². The van der Waals surface area contributed by atoms with Crippen molar-refractivity contribution in [2.45, 2.75) is 70.5 Å². The Balaban J connectivity index is 2.15. The van der Waals surface area contributed by atoms with Crippen LogP contribution >= 0.6 is 0 Å². The highest BCUT2D eigenvalue weighted by atomic mass is 16.5. The summed E-state index contributed by atoms with van der Waals surface area (Å²) in [5, 5.41) is 0. The van der Waals surface area contributed by atoms with E-state index >= 15 is 0 Å². The Labute approximate surface area is 106 Å². The second-order valence-electron chi connectivity index (χ2n) is 6.48. The first-order valence-electron chi connectivity index (χ1n) is 7.23. The summed E-state index contributed by atoms with van der Waals surface area (Å²) in [5.74, 6) is 1.51. The van der Waals surface area contributed by atoms with E-state index in [1.165, 1.54) is 32.1 Å². The molecule has 2 bridgehead atoms. The van der Waals surface area contributed by atoms with Gasteiger partial charge in [0, 0.05) is 20.1 Å². The molecule has 0 spiro atoms. The van der Waals surface area contributed by atoms with E-state index in [1.807, 2.05) is 0 Å². The molecule has 2 aliphatic rings. The fourth-order valence-corrected chi connectivity index (χ4v) is 4.06. The van der Waals surface area contributed by atoms with Gasteiger partial charge in [0.05, 0.1) is 11.2 Å². The quantitative estimate of drug-likeness (QED) is 0.728. The minimum Gasteiger partial charge on any atom is -0.385 e. The van der Waals surface area contributed by atoms with Crippen LogP contribution in [0.3, 0.4) is 0 Å². The Kier molecular flexibility index (Phi) is 3.84. The zero-order valence-corrected chi connectivity index (χ0v) is 11.9. The fourth-order valence-electron chi connectivity index (χ4n) is 4.06. The third kappa shape index (κ3) is 2.39. The molecular formula is C15H28O2. The molecule has 0 N–H and O–H groups in total. The molecule has 0 aromatic carbocycles. The summed E-state index contributed by atoms with van der Waals surface area (Å²) in [7, 11) is 1.80. The summed E-state index contributed by atoms with van der Waals surface area (Å²) < 4.78 is 11.9. The first-order chi connectivity index (χ1) is 8.04. The SMILES string of the molecule is CCCC1CCC2CC1(CCOC)OC2(C)C. The second-order valence-corrected chi connectivity index (χ2v) is 6.48. The van der Waals surface area contributed by atoms with Gasteiger partial charge in [0.15, 0.2) is 0 Å². The summed E-state index contributed by atoms with van der Waals surface area (Å²) >= 11 is 0. The summed E-state index contributed by atoms with van der Waals surface area (Å²) in [6, 6.07) is 0. The van der Waals surface area contributed by atoms with Crippen LogP contribution in [0.15, 0.2) is 0 Å². The van der Waals surface area contributed by atoms with E-state index in [1.54, 1.807) is 7.11 Å². The van der Waals surface area contributed by atoms with Gasteiger partial charge in [0.2, 0.25) is 0 Å². The van der Waals surface area contributed by atoms with Crippen molar-refractivity contribution in [2.75, 3.05) is 13.7 Å². The third-order valence-electron chi connectivity index (χ3n) is 5.02. The topological polar surface area (TPSA) is 18.5 Å². The van der Waals surface area contributed by atoms with E-state index in [4.69, 9.17) is 9.47 Å². The van der Waals surface area contributed by atoms with Crippen molar-refractivity contribution in [1.82, 2.24) is 0 Å².